The molecule has 232 valence electrons. The average molecular weight is 676 g/mol. The maximum atomic E-state index is 13.3. The summed E-state index contributed by atoms with van der Waals surface area (Å²) in [5, 5.41) is 6.07. The quantitative estimate of drug-likeness (QED) is 0.163. The van der Waals surface area contributed by atoms with Crippen LogP contribution in [0.3, 0.4) is 0 Å². The van der Waals surface area contributed by atoms with Gasteiger partial charge in [-0.3, -0.25) is 9.59 Å². The van der Waals surface area contributed by atoms with E-state index >= 15 is 0 Å². The monoisotopic (exact) mass is 674 g/mol. The second-order valence-electron chi connectivity index (χ2n) is 11.3. The number of benzene rings is 3. The highest BCUT2D eigenvalue weighted by Crippen LogP contribution is 2.32. The minimum atomic E-state index is -0.244. The first-order valence-corrected chi connectivity index (χ1v) is 16.0. The lowest BCUT2D eigenvalue weighted by Gasteiger charge is -2.37. The summed E-state index contributed by atoms with van der Waals surface area (Å²) < 4.78 is 0. The normalized spacial score (nSPS) is 16.6. The smallest absolute Gasteiger partial charge is 0.254 e. The Morgan fingerprint density at radius 1 is 1.00 bits per heavy atom. The van der Waals surface area contributed by atoms with Crippen LogP contribution in [0.1, 0.15) is 57.0 Å². The van der Waals surface area contributed by atoms with E-state index in [0.29, 0.717) is 44.3 Å². The lowest BCUT2D eigenvalue weighted by atomic mass is 9.89. The van der Waals surface area contributed by atoms with Crippen molar-refractivity contribution in [1.82, 2.24) is 14.7 Å². The molecule has 0 N–H and O–H groups in total. The van der Waals surface area contributed by atoms with E-state index in [0.717, 1.165) is 49.2 Å². The Labute approximate surface area is 278 Å². The van der Waals surface area contributed by atoms with Crippen molar-refractivity contribution in [1.29, 1.82) is 0 Å². The van der Waals surface area contributed by atoms with Gasteiger partial charge in [-0.1, -0.05) is 75.8 Å². The van der Waals surface area contributed by atoms with Gasteiger partial charge in [-0.25, -0.2) is 0 Å². The number of carbonyl (C=O) groups excluding carboxylic acids is 2. The van der Waals surface area contributed by atoms with Crippen LogP contribution in [0.15, 0.2) is 65.8 Å². The molecule has 11 heteroatoms. The molecule has 0 bridgehead atoms. The predicted molar refractivity (Wildman–Crippen MR) is 177 cm³/mol. The van der Waals surface area contributed by atoms with E-state index in [1.54, 1.807) is 36.2 Å². The molecule has 7 nitrogen and oxygen atoms in total. The zero-order valence-corrected chi connectivity index (χ0v) is 27.6. The zero-order valence-electron chi connectivity index (χ0n) is 24.6. The van der Waals surface area contributed by atoms with Crippen molar-refractivity contribution in [2.24, 2.45) is 5.16 Å². The molecule has 1 fully saturated rings. The predicted octanol–water partition coefficient (Wildman–Crippen LogP) is 7.67. The minimum absolute atomic E-state index is 0.137. The lowest BCUT2D eigenvalue weighted by Crippen LogP contribution is -2.45. The number of oxime groups is 1. The molecule has 0 saturated carbocycles. The largest absolute Gasteiger partial charge is 0.399 e. The van der Waals surface area contributed by atoms with Crippen LogP contribution < -0.4 is 0 Å². The molecular formula is C33H34Cl4N4O3. The number of amides is 2. The fraction of sp³-hybridized carbons (Fsp3) is 0.364. The van der Waals surface area contributed by atoms with Gasteiger partial charge in [0.2, 0.25) is 0 Å². The summed E-state index contributed by atoms with van der Waals surface area (Å²) in [4.78, 5) is 37.7. The van der Waals surface area contributed by atoms with E-state index < -0.39 is 0 Å². The first-order valence-electron chi connectivity index (χ1n) is 14.5. The highest BCUT2D eigenvalue weighted by molar-refractivity contribution is 6.42. The van der Waals surface area contributed by atoms with E-state index in [1.807, 2.05) is 41.3 Å². The summed E-state index contributed by atoms with van der Waals surface area (Å²) in [6, 6.07) is 18.4. The van der Waals surface area contributed by atoms with Crippen molar-refractivity contribution in [2.75, 3.05) is 40.3 Å². The molecule has 1 unspecified atom stereocenters. The van der Waals surface area contributed by atoms with Gasteiger partial charge in [-0.15, -0.1) is 0 Å². The second-order valence-corrected chi connectivity index (χ2v) is 12.9. The first-order chi connectivity index (χ1) is 21.1. The first kappa shape index (κ1) is 32.6. The Bertz CT molecular complexity index is 1540. The van der Waals surface area contributed by atoms with Gasteiger partial charge >= 0.3 is 0 Å². The van der Waals surface area contributed by atoms with Crippen LogP contribution in [-0.4, -0.2) is 78.6 Å². The second kappa shape index (κ2) is 14.5. The summed E-state index contributed by atoms with van der Waals surface area (Å²) in [5.41, 5.74) is 3.92. The van der Waals surface area contributed by atoms with Gasteiger partial charge in [0.1, 0.15) is 7.11 Å². The van der Waals surface area contributed by atoms with Crippen molar-refractivity contribution in [2.45, 2.75) is 37.8 Å². The number of fused-ring (bicyclic) bond motifs is 1. The molecule has 44 heavy (non-hydrogen) atoms. The molecule has 1 saturated heterocycles. The lowest BCUT2D eigenvalue weighted by molar-refractivity contribution is 0.0596. The Kier molecular flexibility index (Phi) is 10.8. The van der Waals surface area contributed by atoms with Gasteiger partial charge < -0.3 is 19.5 Å². The fourth-order valence-electron chi connectivity index (χ4n) is 6.13. The van der Waals surface area contributed by atoms with Gasteiger partial charge in [0.05, 0.1) is 22.3 Å². The molecule has 2 aliphatic heterocycles. The topological polar surface area (TPSA) is 65.5 Å². The van der Waals surface area contributed by atoms with Gasteiger partial charge in [-0.05, 0) is 73.3 Å². The number of nitrogens with zero attached hydrogens (tertiary/aromatic N) is 4. The van der Waals surface area contributed by atoms with E-state index in [-0.39, 0.29) is 30.3 Å². The Hall–Kier alpha value is -2.81. The highest BCUT2D eigenvalue weighted by Gasteiger charge is 2.34. The molecule has 3 aromatic carbocycles. The fourth-order valence-corrected chi connectivity index (χ4v) is 6.96. The van der Waals surface area contributed by atoms with Crippen LogP contribution in [0.2, 0.25) is 20.1 Å². The SMILES string of the molecule is CO/N=C(\CN(C)C(=O)c1cc(Cl)cc(Cl)c1)C(CCN1CCC(N2Cc3ccccc3C2=O)CC1)c1ccc(Cl)c(Cl)c1. The molecule has 2 aliphatic rings. The van der Waals surface area contributed by atoms with Crippen LogP contribution in [0, 0.1) is 0 Å². The van der Waals surface area contributed by atoms with Gasteiger partial charge in [0.15, 0.2) is 0 Å². The average Bonchev–Trinajstić information content (AvgIpc) is 3.34. The van der Waals surface area contributed by atoms with Crippen molar-refractivity contribution < 1.29 is 14.4 Å². The Morgan fingerprint density at radius 3 is 2.36 bits per heavy atom. The van der Waals surface area contributed by atoms with Crippen LogP contribution in [0.25, 0.3) is 0 Å². The number of piperidine rings is 1. The number of halogens is 4. The minimum Gasteiger partial charge on any atom is -0.399 e. The van der Waals surface area contributed by atoms with Crippen molar-refractivity contribution in [3.05, 3.63) is 103 Å². The van der Waals surface area contributed by atoms with Crippen LogP contribution in [0.5, 0.6) is 0 Å². The van der Waals surface area contributed by atoms with E-state index in [4.69, 9.17) is 51.2 Å². The highest BCUT2D eigenvalue weighted by atomic mass is 35.5. The molecule has 0 spiro atoms. The van der Waals surface area contributed by atoms with Gasteiger partial charge in [0, 0.05) is 59.8 Å². The number of likely N-dealkylation sites (tertiary alicyclic amines) is 1. The van der Waals surface area contributed by atoms with Crippen LogP contribution >= 0.6 is 46.4 Å². The number of carbonyl (C=O) groups is 2. The Balaban J connectivity index is 1.28. The van der Waals surface area contributed by atoms with E-state index in [1.165, 1.54) is 7.11 Å². The van der Waals surface area contributed by atoms with Crippen molar-refractivity contribution >= 4 is 63.9 Å². The molecular weight excluding hydrogens is 642 g/mol. The molecule has 0 aromatic heterocycles. The third-order valence-corrected chi connectivity index (χ3v) is 9.57. The van der Waals surface area contributed by atoms with Crippen LogP contribution in [0.4, 0.5) is 0 Å². The van der Waals surface area contributed by atoms with Crippen molar-refractivity contribution in [3.8, 4) is 0 Å². The summed E-state index contributed by atoms with van der Waals surface area (Å²) in [7, 11) is 3.20. The van der Waals surface area contributed by atoms with Crippen molar-refractivity contribution in [3.63, 3.8) is 0 Å². The number of rotatable bonds is 10. The molecule has 3 aromatic rings. The zero-order chi connectivity index (χ0) is 31.4. The molecule has 0 aliphatic carbocycles. The summed E-state index contributed by atoms with van der Waals surface area (Å²) in [5.74, 6) is -0.306. The maximum Gasteiger partial charge on any atom is 0.254 e. The molecule has 1 atom stereocenters. The number of hydrogen-bond donors (Lipinski definition) is 0. The molecule has 2 heterocycles. The standard InChI is InChI=1S/C33H34Cl4N4O3/c1-39(32(42)23-15-24(34)18-25(35)16-23)20-31(38-44-2)27(21-7-8-29(36)30(37)17-21)11-14-40-12-9-26(10-13-40)41-19-22-5-3-4-6-28(22)33(41)43/h3-8,15-18,26-27H,9-14,19-20H2,1-2H3/b38-31+. The maximum absolute atomic E-state index is 13.3. The summed E-state index contributed by atoms with van der Waals surface area (Å²) in [6.45, 7) is 3.44. The van der Waals surface area contributed by atoms with E-state index in [9.17, 15) is 9.59 Å². The summed E-state index contributed by atoms with van der Waals surface area (Å²) in [6.07, 6.45) is 2.54. The summed E-state index contributed by atoms with van der Waals surface area (Å²) >= 11 is 25.0. The molecule has 5 rings (SSSR count). The molecule has 2 amide bonds. The van der Waals surface area contributed by atoms with Gasteiger partial charge in [-0.2, -0.15) is 0 Å². The third-order valence-electron chi connectivity index (χ3n) is 8.39. The molecule has 0 radical (unpaired) electrons. The van der Waals surface area contributed by atoms with Crippen LogP contribution in [-0.2, 0) is 11.4 Å². The van der Waals surface area contributed by atoms with E-state index in [2.05, 4.69) is 10.1 Å². The Morgan fingerprint density at radius 2 is 1.70 bits per heavy atom. The number of hydrogen-bond acceptors (Lipinski definition) is 5. The van der Waals surface area contributed by atoms with Gasteiger partial charge in [0.25, 0.3) is 11.8 Å². The third kappa shape index (κ3) is 7.52.